The molecule has 2 unspecified atom stereocenters. The van der Waals surface area contributed by atoms with Gasteiger partial charge in [0.25, 0.3) is 0 Å². The maximum Gasteiger partial charge on any atom is 0.232 e. The van der Waals surface area contributed by atoms with Crippen LogP contribution in [-0.4, -0.2) is 42.7 Å². The minimum absolute atomic E-state index is 0.00888. The van der Waals surface area contributed by atoms with Gasteiger partial charge in [0.2, 0.25) is 5.91 Å². The van der Waals surface area contributed by atoms with E-state index in [1.54, 1.807) is 6.92 Å². The number of hydrogen-bond acceptors (Lipinski definition) is 3. The number of nitrogens with one attached hydrogen (secondary N) is 1. The smallest absolute Gasteiger partial charge is 0.232 e. The van der Waals surface area contributed by atoms with Gasteiger partial charge in [-0.3, -0.25) is 4.79 Å². The SMILES string of the molecule is CC(CCN(C)C)NC(=O)C(C)S. The lowest BCUT2D eigenvalue weighted by atomic mass is 10.2. The predicted molar refractivity (Wildman–Crippen MR) is 59.2 cm³/mol. The summed E-state index contributed by atoms with van der Waals surface area (Å²) in [6.07, 6.45) is 0.971. The van der Waals surface area contributed by atoms with Crippen LogP contribution in [0.5, 0.6) is 0 Å². The van der Waals surface area contributed by atoms with Crippen molar-refractivity contribution in [2.24, 2.45) is 0 Å². The van der Waals surface area contributed by atoms with Gasteiger partial charge in [0.1, 0.15) is 0 Å². The number of nitrogens with zero attached hydrogens (tertiary/aromatic N) is 1. The number of carbonyl (C=O) groups excluding carboxylic acids is 1. The molecule has 13 heavy (non-hydrogen) atoms. The first-order valence-corrected chi connectivity index (χ1v) is 5.08. The van der Waals surface area contributed by atoms with Crippen molar-refractivity contribution in [1.82, 2.24) is 10.2 Å². The van der Waals surface area contributed by atoms with Gasteiger partial charge in [0.05, 0.1) is 5.25 Å². The summed E-state index contributed by atoms with van der Waals surface area (Å²) in [5, 5.41) is 2.67. The van der Waals surface area contributed by atoms with E-state index in [4.69, 9.17) is 0 Å². The van der Waals surface area contributed by atoms with Crippen LogP contribution in [0, 0.1) is 0 Å². The average molecular weight is 204 g/mol. The van der Waals surface area contributed by atoms with E-state index in [0.29, 0.717) is 0 Å². The quantitative estimate of drug-likeness (QED) is 0.648. The van der Waals surface area contributed by atoms with Crippen molar-refractivity contribution in [3.05, 3.63) is 0 Å². The monoisotopic (exact) mass is 204 g/mol. The highest BCUT2D eigenvalue weighted by Gasteiger charge is 2.10. The van der Waals surface area contributed by atoms with Gasteiger partial charge in [-0.2, -0.15) is 12.6 Å². The van der Waals surface area contributed by atoms with E-state index in [2.05, 4.69) is 22.8 Å². The zero-order chi connectivity index (χ0) is 10.4. The number of thiol groups is 1. The van der Waals surface area contributed by atoms with Gasteiger partial charge >= 0.3 is 0 Å². The van der Waals surface area contributed by atoms with Crippen LogP contribution in [0.25, 0.3) is 0 Å². The molecule has 0 saturated carbocycles. The Morgan fingerprint density at radius 1 is 1.46 bits per heavy atom. The summed E-state index contributed by atoms with van der Waals surface area (Å²) in [6, 6.07) is 0.226. The van der Waals surface area contributed by atoms with E-state index < -0.39 is 0 Å². The Morgan fingerprint density at radius 3 is 2.38 bits per heavy atom. The maximum atomic E-state index is 11.2. The third-order valence-corrected chi connectivity index (χ3v) is 2.01. The molecule has 0 aromatic carbocycles. The second-order valence-electron chi connectivity index (χ2n) is 3.68. The van der Waals surface area contributed by atoms with Gasteiger partial charge in [-0.1, -0.05) is 0 Å². The Labute approximate surface area is 86.3 Å². The summed E-state index contributed by atoms with van der Waals surface area (Å²) in [4.78, 5) is 13.3. The molecule has 1 amide bonds. The van der Waals surface area contributed by atoms with E-state index in [-0.39, 0.29) is 17.2 Å². The maximum absolute atomic E-state index is 11.2. The van der Waals surface area contributed by atoms with Crippen LogP contribution in [0.15, 0.2) is 0 Å². The zero-order valence-corrected chi connectivity index (χ0v) is 9.77. The Balaban J connectivity index is 3.62. The molecule has 0 rings (SSSR count). The van der Waals surface area contributed by atoms with Gasteiger partial charge in [0.15, 0.2) is 0 Å². The molecule has 1 N–H and O–H groups in total. The molecule has 0 heterocycles. The van der Waals surface area contributed by atoms with Crippen LogP contribution in [-0.2, 0) is 4.79 Å². The first kappa shape index (κ1) is 12.8. The zero-order valence-electron chi connectivity index (χ0n) is 8.87. The number of amides is 1. The number of hydrogen-bond donors (Lipinski definition) is 2. The lowest BCUT2D eigenvalue weighted by Gasteiger charge is -2.17. The molecule has 4 heteroatoms. The summed E-state index contributed by atoms with van der Waals surface area (Å²) >= 11 is 4.05. The van der Waals surface area contributed by atoms with E-state index in [1.807, 2.05) is 21.0 Å². The predicted octanol–water partition coefficient (Wildman–Crippen LogP) is 0.761. The molecule has 0 aliphatic rings. The van der Waals surface area contributed by atoms with Crippen molar-refractivity contribution < 1.29 is 4.79 Å². The highest BCUT2D eigenvalue weighted by Crippen LogP contribution is 1.96. The lowest BCUT2D eigenvalue weighted by molar-refractivity contribution is -0.120. The highest BCUT2D eigenvalue weighted by molar-refractivity contribution is 7.81. The van der Waals surface area contributed by atoms with Gasteiger partial charge in [-0.15, -0.1) is 0 Å². The molecule has 0 aliphatic heterocycles. The molecule has 0 fully saturated rings. The van der Waals surface area contributed by atoms with E-state index in [0.717, 1.165) is 13.0 Å². The summed E-state index contributed by atoms with van der Waals surface area (Å²) in [5.41, 5.74) is 0. The Bertz CT molecular complexity index is 160. The molecule has 2 atom stereocenters. The molecule has 78 valence electrons. The van der Waals surface area contributed by atoms with Crippen LogP contribution < -0.4 is 5.32 Å². The minimum atomic E-state index is -0.221. The normalized spacial score (nSPS) is 15.5. The van der Waals surface area contributed by atoms with Crippen LogP contribution in [0.1, 0.15) is 20.3 Å². The second kappa shape index (κ2) is 6.27. The molecule has 0 radical (unpaired) electrons. The molecular formula is C9H20N2OS. The first-order chi connectivity index (χ1) is 5.93. The van der Waals surface area contributed by atoms with Crippen LogP contribution >= 0.6 is 12.6 Å². The van der Waals surface area contributed by atoms with Crippen LogP contribution in [0.3, 0.4) is 0 Å². The van der Waals surface area contributed by atoms with E-state index in [9.17, 15) is 4.79 Å². The number of rotatable bonds is 5. The van der Waals surface area contributed by atoms with Crippen molar-refractivity contribution in [2.45, 2.75) is 31.6 Å². The van der Waals surface area contributed by atoms with Crippen LogP contribution in [0.4, 0.5) is 0 Å². The molecule has 0 saturated heterocycles. The topological polar surface area (TPSA) is 32.3 Å². The van der Waals surface area contributed by atoms with Crippen LogP contribution in [0.2, 0.25) is 0 Å². The Kier molecular flexibility index (Phi) is 6.16. The van der Waals surface area contributed by atoms with Gasteiger partial charge in [-0.25, -0.2) is 0 Å². The standard InChI is InChI=1S/C9H20N2OS/c1-7(5-6-11(3)4)10-9(12)8(2)13/h7-8,13H,5-6H2,1-4H3,(H,10,12). The molecule has 3 nitrogen and oxygen atoms in total. The van der Waals surface area contributed by atoms with E-state index in [1.165, 1.54) is 0 Å². The number of carbonyl (C=O) groups is 1. The van der Waals surface area contributed by atoms with E-state index >= 15 is 0 Å². The third kappa shape index (κ3) is 6.90. The molecule has 0 bridgehead atoms. The molecule has 0 aromatic heterocycles. The summed E-state index contributed by atoms with van der Waals surface area (Å²) < 4.78 is 0. The highest BCUT2D eigenvalue weighted by atomic mass is 32.1. The summed E-state index contributed by atoms with van der Waals surface area (Å²) in [7, 11) is 4.05. The Morgan fingerprint density at radius 2 is 2.00 bits per heavy atom. The van der Waals surface area contributed by atoms with Crippen molar-refractivity contribution >= 4 is 18.5 Å². The minimum Gasteiger partial charge on any atom is -0.353 e. The van der Waals surface area contributed by atoms with Gasteiger partial charge in [0, 0.05) is 6.04 Å². The molecule has 0 aliphatic carbocycles. The fraction of sp³-hybridized carbons (Fsp3) is 0.889. The van der Waals surface area contributed by atoms with Crippen molar-refractivity contribution in [3.8, 4) is 0 Å². The van der Waals surface area contributed by atoms with Gasteiger partial charge in [-0.05, 0) is 40.9 Å². The van der Waals surface area contributed by atoms with Crippen molar-refractivity contribution in [2.75, 3.05) is 20.6 Å². The second-order valence-corrected chi connectivity index (χ2v) is 4.45. The lowest BCUT2D eigenvalue weighted by Crippen LogP contribution is -2.38. The Hall–Kier alpha value is -0.220. The summed E-state index contributed by atoms with van der Waals surface area (Å²) in [6.45, 7) is 4.77. The first-order valence-electron chi connectivity index (χ1n) is 4.56. The summed E-state index contributed by atoms with van der Waals surface area (Å²) in [5.74, 6) is 0.00888. The largest absolute Gasteiger partial charge is 0.353 e. The fourth-order valence-electron chi connectivity index (χ4n) is 0.887. The van der Waals surface area contributed by atoms with Crippen molar-refractivity contribution in [1.29, 1.82) is 0 Å². The fourth-order valence-corrected chi connectivity index (χ4v) is 0.962. The molecular weight excluding hydrogens is 184 g/mol. The van der Waals surface area contributed by atoms with Crippen molar-refractivity contribution in [3.63, 3.8) is 0 Å². The molecule has 0 aromatic rings. The van der Waals surface area contributed by atoms with Gasteiger partial charge < -0.3 is 10.2 Å². The molecule has 0 spiro atoms. The average Bonchev–Trinajstić information content (AvgIpc) is 2.00. The third-order valence-electron chi connectivity index (χ3n) is 1.78.